The minimum Gasteiger partial charge on any atom is -0.426 e. The number of benzene rings is 1. The van der Waals surface area contributed by atoms with Crippen LogP contribution in [0.2, 0.25) is 0 Å². The van der Waals surface area contributed by atoms with Crippen LogP contribution in [0.4, 0.5) is 0 Å². The van der Waals surface area contributed by atoms with Crippen LogP contribution in [0.25, 0.3) is 0 Å². The van der Waals surface area contributed by atoms with Crippen molar-refractivity contribution in [1.82, 2.24) is 5.32 Å². The third-order valence-corrected chi connectivity index (χ3v) is 3.30. The lowest BCUT2D eigenvalue weighted by molar-refractivity contribution is -0.139. The molecule has 0 aromatic heterocycles. The van der Waals surface area contributed by atoms with Crippen LogP contribution in [0.1, 0.15) is 25.8 Å². The molecule has 3 heteroatoms. The third kappa shape index (κ3) is 2.86. The van der Waals surface area contributed by atoms with Crippen molar-refractivity contribution in [2.24, 2.45) is 5.92 Å². The van der Waals surface area contributed by atoms with E-state index in [9.17, 15) is 4.79 Å². The Labute approximate surface area is 102 Å². The first kappa shape index (κ1) is 12.1. The Morgan fingerprint density at radius 1 is 1.29 bits per heavy atom. The van der Waals surface area contributed by atoms with Crippen LogP contribution < -0.4 is 10.1 Å². The summed E-state index contributed by atoms with van der Waals surface area (Å²) in [6, 6.07) is 8.15. The van der Waals surface area contributed by atoms with E-state index >= 15 is 0 Å². The minimum atomic E-state index is -0.127. The van der Waals surface area contributed by atoms with Crippen LogP contribution in [-0.4, -0.2) is 18.1 Å². The zero-order chi connectivity index (χ0) is 12.4. The number of carbonyl (C=O) groups excluding carboxylic acids is 1. The van der Waals surface area contributed by atoms with Crippen molar-refractivity contribution in [2.45, 2.75) is 39.3 Å². The first-order chi connectivity index (χ1) is 8.06. The summed E-state index contributed by atoms with van der Waals surface area (Å²) >= 11 is 0. The highest BCUT2D eigenvalue weighted by molar-refractivity contribution is 5.76. The maximum Gasteiger partial charge on any atom is 0.315 e. The molecule has 0 aliphatic carbocycles. The fourth-order valence-corrected chi connectivity index (χ4v) is 2.32. The molecule has 1 saturated heterocycles. The van der Waals surface area contributed by atoms with Gasteiger partial charge in [0.05, 0.1) is 5.92 Å². The average Bonchev–Trinajstić information content (AvgIpc) is 2.61. The maximum atomic E-state index is 12.0. The van der Waals surface area contributed by atoms with Gasteiger partial charge in [-0.15, -0.1) is 0 Å². The molecule has 1 N–H and O–H groups in total. The molecule has 1 aliphatic rings. The number of hydrogen-bond donors (Lipinski definition) is 1. The minimum absolute atomic E-state index is 0.0358. The highest BCUT2D eigenvalue weighted by Crippen LogP contribution is 2.23. The number of hydrogen-bond acceptors (Lipinski definition) is 3. The standard InChI is InChI=1S/C14H19NO2/c1-9-4-6-12(7-5-9)17-14(16)13-8-10(2)15-11(13)3/h4-7,10-11,13,15H,8H2,1-3H3. The number of aryl methyl sites for hydroxylation is 1. The molecule has 1 aliphatic heterocycles. The lowest BCUT2D eigenvalue weighted by Crippen LogP contribution is -2.31. The molecule has 2 rings (SSSR count). The summed E-state index contributed by atoms with van der Waals surface area (Å²) in [5, 5.41) is 3.34. The van der Waals surface area contributed by atoms with Crippen LogP contribution >= 0.6 is 0 Å². The highest BCUT2D eigenvalue weighted by atomic mass is 16.5. The Morgan fingerprint density at radius 3 is 2.47 bits per heavy atom. The van der Waals surface area contributed by atoms with Crippen LogP contribution in [0.5, 0.6) is 5.75 Å². The second kappa shape index (κ2) is 4.88. The predicted octanol–water partition coefficient (Wildman–Crippen LogP) is 2.29. The monoisotopic (exact) mass is 233 g/mol. The van der Waals surface area contributed by atoms with Gasteiger partial charge in [0.2, 0.25) is 0 Å². The zero-order valence-electron chi connectivity index (χ0n) is 10.6. The first-order valence-corrected chi connectivity index (χ1v) is 6.10. The summed E-state index contributed by atoms with van der Waals surface area (Å²) in [6.07, 6.45) is 0.853. The lowest BCUT2D eigenvalue weighted by Gasteiger charge is -2.13. The van der Waals surface area contributed by atoms with Gasteiger partial charge in [-0.05, 0) is 39.3 Å². The van der Waals surface area contributed by atoms with Gasteiger partial charge in [0.15, 0.2) is 0 Å². The molecule has 1 aromatic carbocycles. The summed E-state index contributed by atoms with van der Waals surface area (Å²) in [5.74, 6) is 0.469. The van der Waals surface area contributed by atoms with Gasteiger partial charge in [0, 0.05) is 12.1 Å². The van der Waals surface area contributed by atoms with E-state index in [0.717, 1.165) is 12.0 Å². The average molecular weight is 233 g/mol. The van der Waals surface area contributed by atoms with E-state index in [1.54, 1.807) is 0 Å². The Hall–Kier alpha value is -1.35. The summed E-state index contributed by atoms with van der Waals surface area (Å²) in [7, 11) is 0. The summed E-state index contributed by atoms with van der Waals surface area (Å²) < 4.78 is 5.39. The molecular weight excluding hydrogens is 214 g/mol. The molecule has 1 heterocycles. The Morgan fingerprint density at radius 2 is 1.94 bits per heavy atom. The van der Waals surface area contributed by atoms with Crippen molar-refractivity contribution in [3.63, 3.8) is 0 Å². The molecule has 1 fully saturated rings. The van der Waals surface area contributed by atoms with Gasteiger partial charge in [-0.1, -0.05) is 17.7 Å². The number of carbonyl (C=O) groups is 1. The topological polar surface area (TPSA) is 38.3 Å². The van der Waals surface area contributed by atoms with Crippen molar-refractivity contribution < 1.29 is 9.53 Å². The van der Waals surface area contributed by atoms with Crippen molar-refractivity contribution in [1.29, 1.82) is 0 Å². The van der Waals surface area contributed by atoms with E-state index in [-0.39, 0.29) is 17.9 Å². The lowest BCUT2D eigenvalue weighted by atomic mass is 10.0. The molecule has 0 radical (unpaired) electrons. The van der Waals surface area contributed by atoms with Crippen molar-refractivity contribution in [3.05, 3.63) is 29.8 Å². The third-order valence-electron chi connectivity index (χ3n) is 3.30. The van der Waals surface area contributed by atoms with Crippen LogP contribution in [0.15, 0.2) is 24.3 Å². The fourth-order valence-electron chi connectivity index (χ4n) is 2.32. The highest BCUT2D eigenvalue weighted by Gasteiger charge is 2.34. The molecule has 17 heavy (non-hydrogen) atoms. The smallest absolute Gasteiger partial charge is 0.315 e. The Balaban J connectivity index is 1.99. The van der Waals surface area contributed by atoms with Crippen molar-refractivity contribution in [3.8, 4) is 5.75 Å². The molecule has 0 amide bonds. The summed E-state index contributed by atoms with van der Waals surface area (Å²) in [6.45, 7) is 6.14. The largest absolute Gasteiger partial charge is 0.426 e. The van der Waals surface area contributed by atoms with Crippen molar-refractivity contribution in [2.75, 3.05) is 0 Å². The summed E-state index contributed by atoms with van der Waals surface area (Å²) in [4.78, 5) is 12.0. The van der Waals surface area contributed by atoms with Crippen LogP contribution in [0, 0.1) is 12.8 Å². The van der Waals surface area contributed by atoms with E-state index in [4.69, 9.17) is 4.74 Å². The molecule has 0 saturated carbocycles. The van der Waals surface area contributed by atoms with Gasteiger partial charge in [-0.25, -0.2) is 0 Å². The molecule has 0 spiro atoms. The normalized spacial score (nSPS) is 28.1. The van der Waals surface area contributed by atoms with Gasteiger partial charge < -0.3 is 10.1 Å². The van der Waals surface area contributed by atoms with Crippen LogP contribution in [0.3, 0.4) is 0 Å². The molecule has 1 aromatic rings. The van der Waals surface area contributed by atoms with Gasteiger partial charge in [0.1, 0.15) is 5.75 Å². The molecule has 92 valence electrons. The fraction of sp³-hybridized carbons (Fsp3) is 0.500. The van der Waals surface area contributed by atoms with Gasteiger partial charge >= 0.3 is 5.97 Å². The maximum absolute atomic E-state index is 12.0. The second-order valence-corrected chi connectivity index (χ2v) is 4.93. The van der Waals surface area contributed by atoms with E-state index in [1.165, 1.54) is 0 Å². The van der Waals surface area contributed by atoms with E-state index in [0.29, 0.717) is 11.8 Å². The summed E-state index contributed by atoms with van der Waals surface area (Å²) in [5.41, 5.74) is 1.16. The van der Waals surface area contributed by atoms with E-state index in [2.05, 4.69) is 12.2 Å². The quantitative estimate of drug-likeness (QED) is 0.629. The zero-order valence-corrected chi connectivity index (χ0v) is 10.6. The number of esters is 1. The predicted molar refractivity (Wildman–Crippen MR) is 67.0 cm³/mol. The van der Waals surface area contributed by atoms with Crippen molar-refractivity contribution >= 4 is 5.97 Å². The second-order valence-electron chi connectivity index (χ2n) is 4.93. The Kier molecular flexibility index (Phi) is 3.48. The first-order valence-electron chi connectivity index (χ1n) is 6.10. The number of ether oxygens (including phenoxy) is 1. The van der Waals surface area contributed by atoms with Gasteiger partial charge in [-0.2, -0.15) is 0 Å². The number of rotatable bonds is 2. The Bertz CT molecular complexity index is 399. The van der Waals surface area contributed by atoms with E-state index in [1.807, 2.05) is 38.1 Å². The van der Waals surface area contributed by atoms with Crippen LogP contribution in [-0.2, 0) is 4.79 Å². The van der Waals surface area contributed by atoms with Gasteiger partial charge in [-0.3, -0.25) is 4.79 Å². The SMILES string of the molecule is Cc1ccc(OC(=O)C2CC(C)NC2C)cc1. The van der Waals surface area contributed by atoms with Gasteiger partial charge in [0.25, 0.3) is 0 Å². The molecule has 3 unspecified atom stereocenters. The molecule has 0 bridgehead atoms. The number of nitrogens with one attached hydrogen (secondary N) is 1. The van der Waals surface area contributed by atoms with E-state index < -0.39 is 0 Å². The molecule has 3 nitrogen and oxygen atoms in total. The molecular formula is C14H19NO2. The molecule has 3 atom stereocenters.